The summed E-state index contributed by atoms with van der Waals surface area (Å²) in [5.74, 6) is -2.10. The van der Waals surface area contributed by atoms with E-state index in [1.165, 1.54) is 17.0 Å². The molecule has 3 rings (SSSR count). The van der Waals surface area contributed by atoms with Gasteiger partial charge in [-0.25, -0.2) is 13.2 Å². The molecule has 2 aromatic carbocycles. The number of rotatable bonds is 3. The molecule has 0 bridgehead atoms. The highest BCUT2D eigenvalue weighted by molar-refractivity contribution is 8.00. The van der Waals surface area contributed by atoms with Crippen molar-refractivity contribution in [3.63, 3.8) is 0 Å². The first-order chi connectivity index (χ1) is 11.1. The van der Waals surface area contributed by atoms with Gasteiger partial charge in [0.1, 0.15) is 17.5 Å². The van der Waals surface area contributed by atoms with Crippen molar-refractivity contribution in [1.82, 2.24) is 0 Å². The number of amides is 1. The number of aryl methyl sites for hydroxylation is 1. The van der Waals surface area contributed by atoms with E-state index < -0.39 is 17.5 Å². The van der Waals surface area contributed by atoms with E-state index >= 15 is 0 Å². The third-order valence-corrected chi connectivity index (χ3v) is 4.75. The minimum atomic E-state index is -0.701. The topological polar surface area (TPSA) is 20.3 Å². The Kier molecular flexibility index (Phi) is 4.61. The van der Waals surface area contributed by atoms with Crippen LogP contribution >= 0.6 is 11.8 Å². The number of fused-ring (bicyclic) bond motifs is 1. The highest BCUT2D eigenvalue weighted by Gasteiger charge is 2.25. The smallest absolute Gasteiger partial charge is 0.237 e. The van der Waals surface area contributed by atoms with Crippen molar-refractivity contribution in [2.24, 2.45) is 0 Å². The van der Waals surface area contributed by atoms with Crippen molar-refractivity contribution in [3.8, 4) is 0 Å². The zero-order chi connectivity index (χ0) is 16.4. The lowest BCUT2D eigenvalue weighted by atomic mass is 10.0. The molecule has 0 saturated heterocycles. The van der Waals surface area contributed by atoms with Gasteiger partial charge in [0.25, 0.3) is 0 Å². The van der Waals surface area contributed by atoms with E-state index in [4.69, 9.17) is 0 Å². The highest BCUT2D eigenvalue weighted by Crippen LogP contribution is 2.31. The van der Waals surface area contributed by atoms with E-state index in [1.54, 1.807) is 6.07 Å². The highest BCUT2D eigenvalue weighted by atomic mass is 32.2. The second kappa shape index (κ2) is 6.66. The lowest BCUT2D eigenvalue weighted by molar-refractivity contribution is -0.116. The van der Waals surface area contributed by atoms with Crippen LogP contribution in [0, 0.1) is 17.5 Å². The molecule has 1 aliphatic rings. The lowest BCUT2D eigenvalue weighted by Gasteiger charge is -2.29. The first kappa shape index (κ1) is 15.9. The van der Waals surface area contributed by atoms with Crippen molar-refractivity contribution in [2.75, 3.05) is 17.2 Å². The number of carbonyl (C=O) groups is 1. The summed E-state index contributed by atoms with van der Waals surface area (Å²) >= 11 is 0.983. The molecule has 23 heavy (non-hydrogen) atoms. The maximum absolute atomic E-state index is 14.1. The predicted octanol–water partition coefficient (Wildman–Crippen LogP) is 4.18. The van der Waals surface area contributed by atoms with Crippen LogP contribution < -0.4 is 4.90 Å². The van der Waals surface area contributed by atoms with Gasteiger partial charge in [-0.15, -0.1) is 11.8 Å². The summed E-state index contributed by atoms with van der Waals surface area (Å²) in [5.41, 5.74) is 1.13. The summed E-state index contributed by atoms with van der Waals surface area (Å²) in [6, 6.07) is 7.99. The van der Waals surface area contributed by atoms with Crippen LogP contribution in [0.1, 0.15) is 12.0 Å². The van der Waals surface area contributed by atoms with Crippen molar-refractivity contribution < 1.29 is 18.0 Å². The van der Waals surface area contributed by atoms with Crippen LogP contribution in [0.3, 0.4) is 0 Å². The second-order valence-corrected chi connectivity index (χ2v) is 6.28. The van der Waals surface area contributed by atoms with Gasteiger partial charge in [-0.3, -0.25) is 4.79 Å². The summed E-state index contributed by atoms with van der Waals surface area (Å²) in [6.45, 7) is 0.444. The van der Waals surface area contributed by atoms with Crippen molar-refractivity contribution in [3.05, 3.63) is 59.4 Å². The van der Waals surface area contributed by atoms with E-state index in [9.17, 15) is 18.0 Å². The number of benzene rings is 2. The molecule has 1 heterocycles. The molecule has 120 valence electrons. The molecule has 0 aliphatic carbocycles. The number of para-hydroxylation sites is 1. The van der Waals surface area contributed by atoms with Crippen LogP contribution in [-0.2, 0) is 11.2 Å². The quantitative estimate of drug-likeness (QED) is 0.783. The van der Waals surface area contributed by atoms with Crippen LogP contribution in [0.2, 0.25) is 0 Å². The van der Waals surface area contributed by atoms with Gasteiger partial charge in [-0.1, -0.05) is 12.1 Å². The van der Waals surface area contributed by atoms with Gasteiger partial charge in [-0.05, 0) is 36.6 Å². The average molecular weight is 337 g/mol. The van der Waals surface area contributed by atoms with Crippen LogP contribution in [0.4, 0.5) is 18.9 Å². The number of nitrogens with zero attached hydrogens (tertiary/aromatic N) is 1. The fourth-order valence-corrected chi connectivity index (χ4v) is 3.46. The lowest BCUT2D eigenvalue weighted by Crippen LogP contribution is -2.37. The summed E-state index contributed by atoms with van der Waals surface area (Å²) in [7, 11) is 0. The molecular weight excluding hydrogens is 323 g/mol. The van der Waals surface area contributed by atoms with Gasteiger partial charge >= 0.3 is 0 Å². The fraction of sp³-hybridized carbons (Fsp3) is 0.235. The molecule has 0 fully saturated rings. The van der Waals surface area contributed by atoms with E-state index in [2.05, 4.69) is 0 Å². The van der Waals surface area contributed by atoms with Gasteiger partial charge in [-0.2, -0.15) is 0 Å². The Morgan fingerprint density at radius 2 is 1.96 bits per heavy atom. The third kappa shape index (κ3) is 3.37. The molecule has 1 amide bonds. The first-order valence-electron chi connectivity index (χ1n) is 7.22. The molecule has 2 aromatic rings. The summed E-state index contributed by atoms with van der Waals surface area (Å²) in [6.07, 6.45) is 1.49. The molecule has 0 spiro atoms. The number of hydrogen-bond donors (Lipinski definition) is 0. The second-order valence-electron chi connectivity index (χ2n) is 5.26. The van der Waals surface area contributed by atoms with Crippen LogP contribution in [0.25, 0.3) is 0 Å². The molecule has 2 nitrogen and oxygen atoms in total. The molecule has 0 radical (unpaired) electrons. The molecule has 1 aliphatic heterocycles. The largest absolute Gasteiger partial charge is 0.309 e. The molecule has 0 N–H and O–H groups in total. The van der Waals surface area contributed by atoms with Gasteiger partial charge in [0, 0.05) is 17.5 Å². The first-order valence-corrected chi connectivity index (χ1v) is 8.20. The third-order valence-electron chi connectivity index (χ3n) is 3.71. The minimum absolute atomic E-state index is 0.0314. The standard InChI is InChI=1S/C17H14F3NOS/c18-12-6-7-15(14(20)9-12)23-10-16(22)21-8-2-4-11-3-1-5-13(19)17(11)21/h1,3,5-7,9H,2,4,8,10H2. The maximum Gasteiger partial charge on any atom is 0.237 e. The van der Waals surface area contributed by atoms with Crippen LogP contribution in [-0.4, -0.2) is 18.2 Å². The number of halogens is 3. The van der Waals surface area contributed by atoms with Gasteiger partial charge in [0.2, 0.25) is 5.91 Å². The van der Waals surface area contributed by atoms with Crippen molar-refractivity contribution in [2.45, 2.75) is 17.7 Å². The number of hydrogen-bond acceptors (Lipinski definition) is 2. The van der Waals surface area contributed by atoms with Crippen molar-refractivity contribution in [1.29, 1.82) is 0 Å². The Morgan fingerprint density at radius 3 is 2.74 bits per heavy atom. The zero-order valence-corrected chi connectivity index (χ0v) is 13.0. The normalized spacial score (nSPS) is 13.8. The number of thioether (sulfide) groups is 1. The molecule has 0 saturated carbocycles. The van der Waals surface area contributed by atoms with Crippen LogP contribution in [0.5, 0.6) is 0 Å². The Labute approximate surface area is 136 Å². The van der Waals surface area contributed by atoms with Crippen LogP contribution in [0.15, 0.2) is 41.3 Å². The zero-order valence-electron chi connectivity index (χ0n) is 12.2. The van der Waals surface area contributed by atoms with E-state index in [0.717, 1.165) is 42.3 Å². The Bertz CT molecular complexity index is 751. The molecular formula is C17H14F3NOS. The Morgan fingerprint density at radius 1 is 1.13 bits per heavy atom. The van der Waals surface area contributed by atoms with E-state index in [1.807, 2.05) is 6.07 Å². The Balaban J connectivity index is 1.75. The molecule has 0 aromatic heterocycles. The van der Waals surface area contributed by atoms with Gasteiger partial charge in [0.15, 0.2) is 0 Å². The van der Waals surface area contributed by atoms with Crippen molar-refractivity contribution >= 4 is 23.4 Å². The number of anilines is 1. The summed E-state index contributed by atoms with van der Waals surface area (Å²) in [5, 5.41) is 0. The van der Waals surface area contributed by atoms with E-state index in [0.29, 0.717) is 12.2 Å². The van der Waals surface area contributed by atoms with Gasteiger partial charge in [0.05, 0.1) is 11.4 Å². The number of carbonyl (C=O) groups excluding carboxylic acids is 1. The predicted molar refractivity (Wildman–Crippen MR) is 84.2 cm³/mol. The fourth-order valence-electron chi connectivity index (χ4n) is 2.66. The minimum Gasteiger partial charge on any atom is -0.309 e. The Hall–Kier alpha value is -1.95. The van der Waals surface area contributed by atoms with Gasteiger partial charge < -0.3 is 4.90 Å². The SMILES string of the molecule is O=C(CSc1ccc(F)cc1F)N1CCCc2cccc(F)c21. The summed E-state index contributed by atoms with van der Waals surface area (Å²) in [4.78, 5) is 14.0. The maximum atomic E-state index is 14.1. The van der Waals surface area contributed by atoms with E-state index in [-0.39, 0.29) is 16.6 Å². The monoisotopic (exact) mass is 337 g/mol. The average Bonchev–Trinajstić information content (AvgIpc) is 2.53. The molecule has 0 unspecified atom stereocenters. The molecule has 6 heteroatoms. The summed E-state index contributed by atoms with van der Waals surface area (Å²) < 4.78 is 40.5. The molecule has 0 atom stereocenters.